The summed E-state index contributed by atoms with van der Waals surface area (Å²) < 4.78 is 8.37. The number of nitrogens with one attached hydrogen (secondary N) is 1. The van der Waals surface area contributed by atoms with Gasteiger partial charge in [0.1, 0.15) is 11.3 Å². The maximum Gasteiger partial charge on any atom is 0.280 e. The van der Waals surface area contributed by atoms with E-state index in [1.807, 2.05) is 55.5 Å². The van der Waals surface area contributed by atoms with Gasteiger partial charge in [-0.3, -0.25) is 19.6 Å². The molecule has 0 bridgehead atoms. The topological polar surface area (TPSA) is 119 Å². The standard InChI is InChI=1S/C33H37N5O5/c1-22-30(18-27(39)16-24-20-37(14-15-43-3)21-29(24)23-10-6-4-7-11-23)38(26-12-8-5-9-13-26)34-31(22)25-17-28(32(40)35-42)33(41)36(2)19-25/h4-13,17,19,24,29,42H,14-16,18,20-21H2,1-3H3,(H,35,40)/t24-,29+/m1/s1. The van der Waals surface area contributed by atoms with Gasteiger partial charge < -0.3 is 14.2 Å². The molecule has 2 aromatic heterocycles. The molecule has 10 nitrogen and oxygen atoms in total. The van der Waals surface area contributed by atoms with Crippen molar-refractivity contribution in [2.24, 2.45) is 13.0 Å². The Labute approximate surface area is 250 Å². The molecule has 43 heavy (non-hydrogen) atoms. The van der Waals surface area contributed by atoms with E-state index in [0.29, 0.717) is 24.3 Å². The number of ketones is 1. The average molecular weight is 584 g/mol. The molecule has 2 aromatic carbocycles. The van der Waals surface area contributed by atoms with E-state index in [0.717, 1.165) is 36.6 Å². The van der Waals surface area contributed by atoms with E-state index in [1.165, 1.54) is 23.2 Å². The molecular weight excluding hydrogens is 546 g/mol. The SMILES string of the molecule is COCCN1C[C@@H](CC(=O)Cc2c(C)c(-c3cc(C(=O)NO)c(=O)n(C)c3)nn2-c2ccccc2)[C@H](c2ccccc2)C1. The van der Waals surface area contributed by atoms with E-state index in [9.17, 15) is 14.4 Å². The van der Waals surface area contributed by atoms with Gasteiger partial charge >= 0.3 is 0 Å². The molecule has 0 aliphatic carbocycles. The molecule has 1 aliphatic rings. The number of pyridine rings is 1. The van der Waals surface area contributed by atoms with E-state index in [2.05, 4.69) is 17.0 Å². The molecule has 224 valence electrons. The maximum atomic E-state index is 13.8. The first-order valence-electron chi connectivity index (χ1n) is 14.4. The zero-order chi connectivity index (χ0) is 30.5. The molecule has 0 radical (unpaired) electrons. The van der Waals surface area contributed by atoms with E-state index >= 15 is 0 Å². The molecule has 5 rings (SSSR count). The molecule has 4 aromatic rings. The summed E-state index contributed by atoms with van der Waals surface area (Å²) in [6, 6.07) is 21.4. The monoisotopic (exact) mass is 583 g/mol. The third-order valence-corrected chi connectivity index (χ3v) is 8.26. The van der Waals surface area contributed by atoms with Gasteiger partial charge in [-0.1, -0.05) is 48.5 Å². The Bertz CT molecular complexity index is 1650. The number of ether oxygens (including phenoxy) is 1. The predicted octanol–water partition coefficient (Wildman–Crippen LogP) is 3.53. The molecule has 2 N–H and O–H groups in total. The lowest BCUT2D eigenvalue weighted by molar-refractivity contribution is -0.119. The second-order valence-corrected chi connectivity index (χ2v) is 11.1. The molecule has 0 unspecified atom stereocenters. The number of hydrogen-bond acceptors (Lipinski definition) is 7. The first kappa shape index (κ1) is 30.1. The van der Waals surface area contributed by atoms with Gasteiger partial charge in [0, 0.05) is 64.3 Å². The zero-order valence-electron chi connectivity index (χ0n) is 24.7. The number of hydrogen-bond donors (Lipinski definition) is 2. The van der Waals surface area contributed by atoms with Crippen molar-refractivity contribution in [1.29, 1.82) is 0 Å². The molecular formula is C33H37N5O5. The molecule has 1 saturated heterocycles. The molecule has 3 heterocycles. The minimum atomic E-state index is -0.901. The molecule has 0 saturated carbocycles. The van der Waals surface area contributed by atoms with Gasteiger partial charge in [-0.05, 0) is 42.2 Å². The number of carbonyl (C=O) groups excluding carboxylic acids is 2. The third kappa shape index (κ3) is 6.51. The predicted molar refractivity (Wildman–Crippen MR) is 163 cm³/mol. The van der Waals surface area contributed by atoms with Crippen LogP contribution in [0.25, 0.3) is 16.9 Å². The fraction of sp³-hybridized carbons (Fsp3) is 0.333. The van der Waals surface area contributed by atoms with Crippen LogP contribution in [0.4, 0.5) is 0 Å². The summed E-state index contributed by atoms with van der Waals surface area (Å²) >= 11 is 0. The molecule has 2 atom stereocenters. The summed E-state index contributed by atoms with van der Waals surface area (Å²) in [5.41, 5.74) is 5.42. The lowest BCUT2D eigenvalue weighted by Crippen LogP contribution is -2.30. The number of aromatic nitrogens is 3. The van der Waals surface area contributed by atoms with Crippen LogP contribution in [0.15, 0.2) is 77.7 Å². The van der Waals surface area contributed by atoms with Gasteiger partial charge in [-0.25, -0.2) is 10.2 Å². The van der Waals surface area contributed by atoms with Crippen molar-refractivity contribution < 1.29 is 19.5 Å². The number of methoxy groups -OCH3 is 1. The highest BCUT2D eigenvalue weighted by atomic mass is 16.5. The Hall–Kier alpha value is -4.38. The van der Waals surface area contributed by atoms with Crippen molar-refractivity contribution in [3.05, 3.63) is 106 Å². The van der Waals surface area contributed by atoms with Gasteiger partial charge in [0.15, 0.2) is 0 Å². The van der Waals surface area contributed by atoms with Crippen LogP contribution in [0.3, 0.4) is 0 Å². The normalized spacial score (nSPS) is 16.8. The van der Waals surface area contributed by atoms with E-state index in [4.69, 9.17) is 15.0 Å². The van der Waals surface area contributed by atoms with Gasteiger partial charge in [0.25, 0.3) is 11.5 Å². The van der Waals surface area contributed by atoms with E-state index in [-0.39, 0.29) is 29.6 Å². The number of likely N-dealkylation sites (tertiary alicyclic amines) is 1. The lowest BCUT2D eigenvalue weighted by Gasteiger charge is -2.18. The van der Waals surface area contributed by atoms with Crippen LogP contribution in [0.1, 0.15) is 39.5 Å². The van der Waals surface area contributed by atoms with Crippen LogP contribution in [0.5, 0.6) is 0 Å². The van der Waals surface area contributed by atoms with Crippen LogP contribution in [-0.2, 0) is 23.0 Å². The van der Waals surface area contributed by atoms with Crippen LogP contribution >= 0.6 is 0 Å². The highest BCUT2D eigenvalue weighted by Crippen LogP contribution is 2.35. The number of para-hydroxylation sites is 1. The Morgan fingerprint density at radius 2 is 1.77 bits per heavy atom. The summed E-state index contributed by atoms with van der Waals surface area (Å²) in [7, 11) is 3.24. The van der Waals surface area contributed by atoms with Gasteiger partial charge in [-0.15, -0.1) is 0 Å². The van der Waals surface area contributed by atoms with Crippen LogP contribution in [-0.4, -0.2) is 69.5 Å². The maximum absolute atomic E-state index is 13.8. The minimum Gasteiger partial charge on any atom is -0.383 e. The first-order chi connectivity index (χ1) is 20.8. The molecule has 1 fully saturated rings. The summed E-state index contributed by atoms with van der Waals surface area (Å²) in [4.78, 5) is 41.0. The molecule has 10 heteroatoms. The van der Waals surface area contributed by atoms with Crippen LogP contribution < -0.4 is 11.0 Å². The van der Waals surface area contributed by atoms with Crippen molar-refractivity contribution in [3.63, 3.8) is 0 Å². The largest absolute Gasteiger partial charge is 0.383 e. The van der Waals surface area contributed by atoms with E-state index in [1.54, 1.807) is 23.5 Å². The second-order valence-electron chi connectivity index (χ2n) is 11.1. The van der Waals surface area contributed by atoms with E-state index < -0.39 is 11.5 Å². The van der Waals surface area contributed by atoms with Gasteiger partial charge in [-0.2, -0.15) is 5.10 Å². The Balaban J connectivity index is 1.48. The van der Waals surface area contributed by atoms with Crippen molar-refractivity contribution in [3.8, 4) is 16.9 Å². The highest BCUT2D eigenvalue weighted by Gasteiger charge is 2.35. The number of aryl methyl sites for hydroxylation is 1. The summed E-state index contributed by atoms with van der Waals surface area (Å²) in [5.74, 6) is -0.364. The third-order valence-electron chi connectivity index (χ3n) is 8.26. The summed E-state index contributed by atoms with van der Waals surface area (Å²) in [5, 5.41) is 14.0. The fourth-order valence-corrected chi connectivity index (χ4v) is 6.06. The van der Waals surface area contributed by atoms with Crippen molar-refractivity contribution in [1.82, 2.24) is 24.7 Å². The molecule has 1 amide bonds. The number of hydroxylamine groups is 1. The van der Waals surface area contributed by atoms with Gasteiger partial charge in [0.05, 0.1) is 23.7 Å². The number of Topliss-reactive ketones (excluding diaryl/α,β-unsaturated/α-hetero) is 1. The van der Waals surface area contributed by atoms with Crippen molar-refractivity contribution >= 4 is 11.7 Å². The molecule has 0 spiro atoms. The number of benzene rings is 2. The highest BCUT2D eigenvalue weighted by molar-refractivity contribution is 5.94. The number of amides is 1. The quantitative estimate of drug-likeness (QED) is 0.205. The minimum absolute atomic E-state index is 0.118. The Morgan fingerprint density at radius 3 is 2.44 bits per heavy atom. The summed E-state index contributed by atoms with van der Waals surface area (Å²) in [6.45, 7) is 5.07. The number of carbonyl (C=O) groups is 2. The summed E-state index contributed by atoms with van der Waals surface area (Å²) in [6.07, 6.45) is 2.21. The Morgan fingerprint density at radius 1 is 1.07 bits per heavy atom. The first-order valence-corrected chi connectivity index (χ1v) is 14.4. The zero-order valence-corrected chi connectivity index (χ0v) is 24.7. The van der Waals surface area contributed by atoms with Crippen molar-refractivity contribution in [2.75, 3.05) is 33.4 Å². The smallest absolute Gasteiger partial charge is 0.280 e. The van der Waals surface area contributed by atoms with Gasteiger partial charge in [0.2, 0.25) is 0 Å². The van der Waals surface area contributed by atoms with Crippen LogP contribution in [0.2, 0.25) is 0 Å². The molecule has 1 aliphatic heterocycles. The number of rotatable bonds is 11. The number of nitrogens with zero attached hydrogens (tertiary/aromatic N) is 4. The lowest BCUT2D eigenvalue weighted by atomic mass is 9.85. The Kier molecular flexibility index (Phi) is 9.30. The average Bonchev–Trinajstić information content (AvgIpc) is 3.58. The van der Waals surface area contributed by atoms with Crippen molar-refractivity contribution in [2.45, 2.75) is 25.7 Å². The second kappa shape index (κ2) is 13.3. The fourth-order valence-electron chi connectivity index (χ4n) is 6.06. The van der Waals surface area contributed by atoms with Crippen LogP contribution in [0, 0.1) is 12.8 Å².